The molecule has 0 aliphatic carbocycles. The molecule has 0 aliphatic heterocycles. The summed E-state index contributed by atoms with van der Waals surface area (Å²) in [5, 5.41) is 3.14. The standard InChI is InChI=1S/C23H24N2O2/c1-18-7-5-10-21(17-18)27-16-6-11-22(26)25-23(19-8-3-2-4-9-19)20-12-14-24-15-13-20/h2-5,7-10,12-15,17,23H,6,11,16H2,1H3,(H,25,26)/t23-/m1/s1. The molecule has 4 nitrogen and oxygen atoms in total. The number of amides is 1. The SMILES string of the molecule is Cc1cccc(OCCCC(=O)N[C@H](c2ccccc2)c2ccncc2)c1. The lowest BCUT2D eigenvalue weighted by molar-refractivity contribution is -0.121. The zero-order chi connectivity index (χ0) is 18.9. The highest BCUT2D eigenvalue weighted by Gasteiger charge is 2.16. The highest BCUT2D eigenvalue weighted by Crippen LogP contribution is 2.21. The van der Waals surface area contributed by atoms with E-state index in [1.165, 1.54) is 0 Å². The van der Waals surface area contributed by atoms with Crippen molar-refractivity contribution in [2.75, 3.05) is 6.61 Å². The molecule has 0 spiro atoms. The lowest BCUT2D eigenvalue weighted by Crippen LogP contribution is -2.29. The van der Waals surface area contributed by atoms with Crippen LogP contribution < -0.4 is 10.1 Å². The molecule has 27 heavy (non-hydrogen) atoms. The van der Waals surface area contributed by atoms with E-state index in [2.05, 4.69) is 10.3 Å². The summed E-state index contributed by atoms with van der Waals surface area (Å²) in [6.45, 7) is 2.55. The molecule has 0 unspecified atom stereocenters. The molecule has 0 saturated carbocycles. The van der Waals surface area contributed by atoms with Crippen molar-refractivity contribution in [2.45, 2.75) is 25.8 Å². The molecule has 138 valence electrons. The molecule has 1 aromatic heterocycles. The third-order valence-corrected chi connectivity index (χ3v) is 4.28. The Morgan fingerprint density at radius 3 is 2.48 bits per heavy atom. The molecule has 0 aliphatic rings. The Morgan fingerprint density at radius 2 is 1.74 bits per heavy atom. The highest BCUT2D eigenvalue weighted by atomic mass is 16.5. The fourth-order valence-corrected chi connectivity index (χ4v) is 2.92. The van der Waals surface area contributed by atoms with Gasteiger partial charge in [0.25, 0.3) is 0 Å². The Balaban J connectivity index is 1.55. The molecule has 1 amide bonds. The van der Waals surface area contributed by atoms with Crippen molar-refractivity contribution in [3.63, 3.8) is 0 Å². The Kier molecular flexibility index (Phi) is 6.58. The molecule has 1 N–H and O–H groups in total. The van der Waals surface area contributed by atoms with Crippen LogP contribution in [0, 0.1) is 6.92 Å². The van der Waals surface area contributed by atoms with Crippen molar-refractivity contribution in [1.29, 1.82) is 0 Å². The van der Waals surface area contributed by atoms with Crippen molar-refractivity contribution in [3.05, 3.63) is 95.8 Å². The second-order valence-corrected chi connectivity index (χ2v) is 6.46. The van der Waals surface area contributed by atoms with E-state index in [0.29, 0.717) is 19.4 Å². The zero-order valence-corrected chi connectivity index (χ0v) is 15.5. The number of nitrogens with zero attached hydrogens (tertiary/aromatic N) is 1. The van der Waals surface area contributed by atoms with Crippen molar-refractivity contribution in [1.82, 2.24) is 10.3 Å². The van der Waals surface area contributed by atoms with Crippen molar-refractivity contribution >= 4 is 5.91 Å². The summed E-state index contributed by atoms with van der Waals surface area (Å²) in [4.78, 5) is 16.6. The number of nitrogens with one attached hydrogen (secondary N) is 1. The van der Waals surface area contributed by atoms with E-state index in [9.17, 15) is 4.79 Å². The molecule has 4 heteroatoms. The van der Waals surface area contributed by atoms with Crippen LogP contribution in [0.25, 0.3) is 0 Å². The molecule has 3 rings (SSSR count). The Bertz CT molecular complexity index is 811. The van der Waals surface area contributed by atoms with Gasteiger partial charge in [-0.15, -0.1) is 0 Å². The van der Waals surface area contributed by atoms with Crippen LogP contribution in [0.5, 0.6) is 5.75 Å². The largest absolute Gasteiger partial charge is 0.494 e. The molecule has 0 fully saturated rings. The average Bonchev–Trinajstić information content (AvgIpc) is 2.71. The summed E-state index contributed by atoms with van der Waals surface area (Å²) in [5.41, 5.74) is 3.22. The van der Waals surface area contributed by atoms with Gasteiger partial charge >= 0.3 is 0 Å². The Hall–Kier alpha value is -3.14. The number of benzene rings is 2. The summed E-state index contributed by atoms with van der Waals surface area (Å²) < 4.78 is 5.72. The van der Waals surface area contributed by atoms with Crippen LogP contribution in [0.3, 0.4) is 0 Å². The predicted octanol–water partition coefficient (Wildman–Crippen LogP) is 4.45. The summed E-state index contributed by atoms with van der Waals surface area (Å²) in [6, 6.07) is 21.6. The number of carbonyl (C=O) groups excluding carboxylic acids is 1. The molecule has 3 aromatic rings. The van der Waals surface area contributed by atoms with Crippen LogP contribution in [-0.2, 0) is 4.79 Å². The quantitative estimate of drug-likeness (QED) is 0.604. The van der Waals surface area contributed by atoms with Crippen LogP contribution in [0.4, 0.5) is 0 Å². The van der Waals surface area contributed by atoms with Gasteiger partial charge in [0.1, 0.15) is 5.75 Å². The first-order chi connectivity index (χ1) is 13.2. The number of aromatic nitrogens is 1. The molecule has 1 atom stereocenters. The molecule has 0 saturated heterocycles. The van der Waals surface area contributed by atoms with Crippen molar-refractivity contribution in [3.8, 4) is 5.75 Å². The minimum absolute atomic E-state index is 0.00788. The predicted molar refractivity (Wildman–Crippen MR) is 107 cm³/mol. The molecular weight excluding hydrogens is 336 g/mol. The topological polar surface area (TPSA) is 51.2 Å². The maximum atomic E-state index is 12.5. The number of hydrogen-bond donors (Lipinski definition) is 1. The lowest BCUT2D eigenvalue weighted by Gasteiger charge is -2.19. The van der Waals surface area contributed by atoms with Gasteiger partial charge in [-0.1, -0.05) is 42.5 Å². The van der Waals surface area contributed by atoms with E-state index in [0.717, 1.165) is 22.4 Å². The van der Waals surface area contributed by atoms with Gasteiger partial charge in [-0.05, 0) is 54.3 Å². The number of hydrogen-bond acceptors (Lipinski definition) is 3. The van der Waals surface area contributed by atoms with Crippen LogP contribution in [-0.4, -0.2) is 17.5 Å². The van der Waals surface area contributed by atoms with E-state index >= 15 is 0 Å². The first-order valence-corrected chi connectivity index (χ1v) is 9.16. The van der Waals surface area contributed by atoms with E-state index in [1.54, 1.807) is 12.4 Å². The molecule has 1 heterocycles. The van der Waals surface area contributed by atoms with Crippen molar-refractivity contribution in [2.24, 2.45) is 0 Å². The second kappa shape index (κ2) is 9.53. The maximum absolute atomic E-state index is 12.5. The number of rotatable bonds is 8. The van der Waals surface area contributed by atoms with Gasteiger partial charge in [0, 0.05) is 18.8 Å². The summed E-state index contributed by atoms with van der Waals surface area (Å²) >= 11 is 0. The van der Waals surface area contributed by atoms with Gasteiger partial charge in [-0.3, -0.25) is 9.78 Å². The molecule has 0 bridgehead atoms. The van der Waals surface area contributed by atoms with Crippen LogP contribution >= 0.6 is 0 Å². The fourth-order valence-electron chi connectivity index (χ4n) is 2.92. The lowest BCUT2D eigenvalue weighted by atomic mass is 9.99. The average molecular weight is 360 g/mol. The third-order valence-electron chi connectivity index (χ3n) is 4.28. The van der Waals surface area contributed by atoms with Crippen LogP contribution in [0.2, 0.25) is 0 Å². The molecular formula is C23H24N2O2. The minimum Gasteiger partial charge on any atom is -0.494 e. The van der Waals surface area contributed by atoms with Gasteiger partial charge in [-0.2, -0.15) is 0 Å². The number of pyridine rings is 1. The maximum Gasteiger partial charge on any atom is 0.220 e. The van der Waals surface area contributed by atoms with Gasteiger partial charge in [0.15, 0.2) is 0 Å². The van der Waals surface area contributed by atoms with Gasteiger partial charge in [0.05, 0.1) is 12.6 Å². The number of ether oxygens (including phenoxy) is 1. The zero-order valence-electron chi connectivity index (χ0n) is 15.5. The number of aryl methyl sites for hydroxylation is 1. The summed E-state index contributed by atoms with van der Waals surface area (Å²) in [7, 11) is 0. The number of carbonyl (C=O) groups is 1. The molecule has 0 radical (unpaired) electrons. The minimum atomic E-state index is -0.181. The van der Waals surface area contributed by atoms with E-state index in [1.807, 2.05) is 73.7 Å². The summed E-state index contributed by atoms with van der Waals surface area (Å²) in [5.74, 6) is 0.850. The van der Waals surface area contributed by atoms with Gasteiger partial charge in [-0.25, -0.2) is 0 Å². The van der Waals surface area contributed by atoms with Crippen LogP contribution in [0.1, 0.15) is 35.6 Å². The monoisotopic (exact) mass is 360 g/mol. The Labute approximate surface area is 160 Å². The molecule has 2 aromatic carbocycles. The van der Waals surface area contributed by atoms with Gasteiger partial charge in [0.2, 0.25) is 5.91 Å². The van der Waals surface area contributed by atoms with E-state index in [4.69, 9.17) is 4.74 Å². The summed E-state index contributed by atoms with van der Waals surface area (Å²) in [6.07, 6.45) is 4.57. The normalized spacial score (nSPS) is 11.6. The third kappa shape index (κ3) is 5.68. The Morgan fingerprint density at radius 1 is 1.00 bits per heavy atom. The fraction of sp³-hybridized carbons (Fsp3) is 0.217. The first-order valence-electron chi connectivity index (χ1n) is 9.16. The smallest absolute Gasteiger partial charge is 0.220 e. The first kappa shape index (κ1) is 18.6. The van der Waals surface area contributed by atoms with E-state index in [-0.39, 0.29) is 11.9 Å². The van der Waals surface area contributed by atoms with E-state index < -0.39 is 0 Å². The van der Waals surface area contributed by atoms with Crippen molar-refractivity contribution < 1.29 is 9.53 Å². The highest BCUT2D eigenvalue weighted by molar-refractivity contribution is 5.77. The van der Waals surface area contributed by atoms with Crippen LogP contribution in [0.15, 0.2) is 79.1 Å². The second-order valence-electron chi connectivity index (χ2n) is 6.46. The van der Waals surface area contributed by atoms with Gasteiger partial charge < -0.3 is 10.1 Å².